The molecule has 0 aliphatic rings. The first-order valence-electron chi connectivity index (χ1n) is 2.84. The highest BCUT2D eigenvalue weighted by atomic mass is 35.5. The Morgan fingerprint density at radius 1 is 1.50 bits per heavy atom. The third kappa shape index (κ3) is 1.48. The molecule has 1 aromatic rings. The van der Waals surface area contributed by atoms with E-state index in [2.05, 4.69) is 0 Å². The molecule has 0 atom stereocenters. The molecule has 0 saturated carbocycles. The molecule has 0 aromatic heterocycles. The van der Waals surface area contributed by atoms with Crippen LogP contribution in [0, 0.1) is 0 Å². The molecule has 0 aliphatic heterocycles. The van der Waals surface area contributed by atoms with Crippen LogP contribution < -0.4 is 11.1 Å². The highest BCUT2D eigenvalue weighted by Crippen LogP contribution is 2.08. The van der Waals surface area contributed by atoms with E-state index in [4.69, 9.17) is 22.7 Å². The monoisotopic (exact) mass is 155 g/mol. The summed E-state index contributed by atoms with van der Waals surface area (Å²) in [6.45, 7) is 0. The fourth-order valence-corrected chi connectivity index (χ4v) is 0.858. The molecule has 10 heavy (non-hydrogen) atoms. The highest BCUT2D eigenvalue weighted by molar-refractivity contribution is 6.30. The standard InChI is InChI=1S/C7H7ClN2/c8-6-3-1-2-5(4-6)7(9)10/h1-4H,(H3,9,10)/p+1. The summed E-state index contributed by atoms with van der Waals surface area (Å²) < 4.78 is 0. The van der Waals surface area contributed by atoms with Crippen LogP contribution >= 0.6 is 11.6 Å². The van der Waals surface area contributed by atoms with Crippen molar-refractivity contribution in [3.05, 3.63) is 34.9 Å². The van der Waals surface area contributed by atoms with E-state index in [1.54, 1.807) is 24.3 Å². The lowest BCUT2D eigenvalue weighted by molar-refractivity contribution is -0.114. The first-order chi connectivity index (χ1) is 4.70. The molecule has 2 nitrogen and oxygen atoms in total. The lowest BCUT2D eigenvalue weighted by Gasteiger charge is -1.91. The maximum absolute atomic E-state index is 5.66. The summed E-state index contributed by atoms with van der Waals surface area (Å²) in [7, 11) is 0. The molecule has 0 unspecified atom stereocenters. The van der Waals surface area contributed by atoms with E-state index in [-0.39, 0.29) is 0 Å². The van der Waals surface area contributed by atoms with Gasteiger partial charge in [-0.25, -0.2) is 0 Å². The number of nitrogens with two attached hydrogens (primary N) is 2. The Labute approximate surface area is 64.1 Å². The predicted octanol–water partition coefficient (Wildman–Crippen LogP) is -0.196. The van der Waals surface area contributed by atoms with E-state index in [1.165, 1.54) is 0 Å². The van der Waals surface area contributed by atoms with Gasteiger partial charge in [-0.2, -0.15) is 0 Å². The Bertz CT molecular complexity index is 258. The van der Waals surface area contributed by atoms with Crippen LogP contribution in [0.1, 0.15) is 5.56 Å². The van der Waals surface area contributed by atoms with Crippen molar-refractivity contribution in [3.8, 4) is 0 Å². The molecule has 0 heterocycles. The zero-order valence-electron chi connectivity index (χ0n) is 5.34. The van der Waals surface area contributed by atoms with Crippen LogP contribution in [0.25, 0.3) is 0 Å². The van der Waals surface area contributed by atoms with Crippen molar-refractivity contribution < 1.29 is 5.41 Å². The van der Waals surface area contributed by atoms with Gasteiger partial charge in [0.1, 0.15) is 0 Å². The van der Waals surface area contributed by atoms with Gasteiger partial charge in [0, 0.05) is 5.02 Å². The van der Waals surface area contributed by atoms with Gasteiger partial charge in [-0.05, 0) is 18.2 Å². The third-order valence-corrected chi connectivity index (χ3v) is 1.39. The van der Waals surface area contributed by atoms with Crippen LogP contribution in [0.2, 0.25) is 5.02 Å². The lowest BCUT2D eigenvalue weighted by Crippen LogP contribution is -2.46. The van der Waals surface area contributed by atoms with E-state index < -0.39 is 0 Å². The number of hydrogen-bond acceptors (Lipinski definition) is 0. The first-order valence-corrected chi connectivity index (χ1v) is 3.22. The predicted molar refractivity (Wildman–Crippen MR) is 41.7 cm³/mol. The second-order valence-electron chi connectivity index (χ2n) is 1.97. The molecule has 0 spiro atoms. The topological polar surface area (TPSA) is 51.6 Å². The van der Waals surface area contributed by atoms with E-state index in [1.807, 2.05) is 0 Å². The van der Waals surface area contributed by atoms with Gasteiger partial charge in [0.2, 0.25) is 0 Å². The molecular formula is C7H8ClN2+. The number of amidine groups is 1. The van der Waals surface area contributed by atoms with Crippen molar-refractivity contribution in [2.24, 2.45) is 5.73 Å². The molecule has 0 bridgehead atoms. The smallest absolute Gasteiger partial charge is 0.270 e. The van der Waals surface area contributed by atoms with Crippen LogP contribution in [-0.2, 0) is 0 Å². The van der Waals surface area contributed by atoms with Gasteiger partial charge in [-0.3, -0.25) is 11.1 Å². The second kappa shape index (κ2) is 2.71. The minimum Gasteiger partial charge on any atom is -0.287 e. The molecule has 52 valence electrons. The zero-order valence-corrected chi connectivity index (χ0v) is 6.10. The molecular weight excluding hydrogens is 148 g/mol. The Morgan fingerprint density at radius 3 is 2.60 bits per heavy atom. The Kier molecular flexibility index (Phi) is 1.92. The van der Waals surface area contributed by atoms with Crippen molar-refractivity contribution in [1.82, 2.24) is 0 Å². The van der Waals surface area contributed by atoms with Gasteiger partial charge in [0.05, 0.1) is 5.56 Å². The van der Waals surface area contributed by atoms with Crippen LogP contribution in [0.5, 0.6) is 0 Å². The molecule has 1 rings (SSSR count). The zero-order chi connectivity index (χ0) is 7.56. The molecule has 4 N–H and O–H groups in total. The van der Waals surface area contributed by atoms with Gasteiger partial charge in [-0.1, -0.05) is 17.7 Å². The van der Waals surface area contributed by atoms with Crippen molar-refractivity contribution in [1.29, 1.82) is 0 Å². The maximum atomic E-state index is 5.66. The summed E-state index contributed by atoms with van der Waals surface area (Å²) in [6.07, 6.45) is 0. The summed E-state index contributed by atoms with van der Waals surface area (Å²) >= 11 is 5.66. The molecule has 0 aliphatic carbocycles. The molecule has 0 saturated heterocycles. The minimum absolute atomic E-state index is 0.294. The molecule has 3 heteroatoms. The number of rotatable bonds is 1. The Morgan fingerprint density at radius 2 is 2.20 bits per heavy atom. The minimum atomic E-state index is 0.294. The summed E-state index contributed by atoms with van der Waals surface area (Å²) in [5.74, 6) is 0.294. The van der Waals surface area contributed by atoms with E-state index in [0.29, 0.717) is 10.9 Å². The third-order valence-electron chi connectivity index (χ3n) is 1.16. The molecule has 0 radical (unpaired) electrons. The highest BCUT2D eigenvalue weighted by Gasteiger charge is 1.99. The first kappa shape index (κ1) is 7.09. The number of halogens is 1. The molecule has 0 fully saturated rings. The molecule has 0 amide bonds. The Hall–Kier alpha value is -1.02. The maximum Gasteiger partial charge on any atom is 0.270 e. The largest absolute Gasteiger partial charge is 0.287 e. The molecule has 1 aromatic carbocycles. The van der Waals surface area contributed by atoms with Gasteiger partial charge >= 0.3 is 0 Å². The second-order valence-corrected chi connectivity index (χ2v) is 2.40. The Balaban J connectivity index is 3.07. The SMILES string of the molecule is NC(=[NH2+])c1cccc(Cl)c1. The van der Waals surface area contributed by atoms with Crippen LogP contribution in [0.15, 0.2) is 24.3 Å². The van der Waals surface area contributed by atoms with Gasteiger partial charge < -0.3 is 0 Å². The average molecular weight is 156 g/mol. The van der Waals surface area contributed by atoms with E-state index in [0.717, 1.165) is 5.56 Å². The van der Waals surface area contributed by atoms with E-state index >= 15 is 0 Å². The summed E-state index contributed by atoms with van der Waals surface area (Å²) in [6, 6.07) is 7.10. The van der Waals surface area contributed by atoms with Crippen molar-refractivity contribution in [3.63, 3.8) is 0 Å². The van der Waals surface area contributed by atoms with Crippen LogP contribution in [-0.4, -0.2) is 5.84 Å². The lowest BCUT2D eigenvalue weighted by atomic mass is 10.2. The fraction of sp³-hybridized carbons (Fsp3) is 0. The average Bonchev–Trinajstić information content (AvgIpc) is 1.88. The quantitative estimate of drug-likeness (QED) is 0.429. The van der Waals surface area contributed by atoms with Gasteiger partial charge in [0.15, 0.2) is 0 Å². The van der Waals surface area contributed by atoms with Crippen LogP contribution in [0.3, 0.4) is 0 Å². The normalized spacial score (nSPS) is 9.30. The van der Waals surface area contributed by atoms with Crippen LogP contribution in [0.4, 0.5) is 0 Å². The summed E-state index contributed by atoms with van der Waals surface area (Å²) in [5, 5.41) is 5.96. The number of hydrogen-bond donors (Lipinski definition) is 2. The van der Waals surface area contributed by atoms with Crippen molar-refractivity contribution in [2.45, 2.75) is 0 Å². The van der Waals surface area contributed by atoms with E-state index in [9.17, 15) is 0 Å². The number of benzene rings is 1. The van der Waals surface area contributed by atoms with Gasteiger partial charge in [0.25, 0.3) is 5.84 Å². The van der Waals surface area contributed by atoms with Gasteiger partial charge in [-0.15, -0.1) is 0 Å². The van der Waals surface area contributed by atoms with Crippen molar-refractivity contribution >= 4 is 17.4 Å². The van der Waals surface area contributed by atoms with Crippen molar-refractivity contribution in [2.75, 3.05) is 0 Å². The summed E-state index contributed by atoms with van der Waals surface area (Å²) in [4.78, 5) is 0. The summed E-state index contributed by atoms with van der Waals surface area (Å²) in [5.41, 5.74) is 6.09. The fourth-order valence-electron chi connectivity index (χ4n) is 0.668.